The Morgan fingerprint density at radius 3 is 2.72 bits per heavy atom. The van der Waals surface area contributed by atoms with Crippen molar-refractivity contribution < 1.29 is 14.2 Å². The zero-order chi connectivity index (χ0) is 20.1. The highest BCUT2D eigenvalue weighted by molar-refractivity contribution is 5.94. The van der Waals surface area contributed by atoms with E-state index in [4.69, 9.17) is 19.9 Å². The number of benzene rings is 2. The number of hydrogen-bond acceptors (Lipinski definition) is 6. The Balaban J connectivity index is 1.43. The van der Waals surface area contributed by atoms with Crippen LogP contribution in [0.5, 0.6) is 17.2 Å². The maximum Gasteiger partial charge on any atom is 0.231 e. The normalized spacial score (nSPS) is 16.1. The molecule has 8 nitrogen and oxygen atoms in total. The molecule has 0 saturated carbocycles. The van der Waals surface area contributed by atoms with Crippen LogP contribution in [-0.4, -0.2) is 64.0 Å². The minimum absolute atomic E-state index is 0.263. The molecule has 0 atom stereocenters. The lowest BCUT2D eigenvalue weighted by molar-refractivity contribution is 0.174. The van der Waals surface area contributed by atoms with Gasteiger partial charge in [0.1, 0.15) is 5.75 Å². The van der Waals surface area contributed by atoms with Crippen molar-refractivity contribution in [2.24, 2.45) is 10.7 Å². The van der Waals surface area contributed by atoms with Crippen LogP contribution in [0.1, 0.15) is 0 Å². The van der Waals surface area contributed by atoms with Crippen LogP contribution in [0.3, 0.4) is 0 Å². The minimum atomic E-state index is 0.263. The van der Waals surface area contributed by atoms with Crippen LogP contribution in [0, 0.1) is 0 Å². The molecule has 8 heteroatoms. The van der Waals surface area contributed by atoms with E-state index in [1.807, 2.05) is 30.3 Å². The van der Waals surface area contributed by atoms with E-state index in [9.17, 15) is 0 Å². The van der Waals surface area contributed by atoms with Gasteiger partial charge < -0.3 is 35.1 Å². The van der Waals surface area contributed by atoms with E-state index in [0.717, 1.165) is 55.1 Å². The second-order valence-corrected chi connectivity index (χ2v) is 6.86. The second-order valence-electron chi connectivity index (χ2n) is 6.86. The summed E-state index contributed by atoms with van der Waals surface area (Å²) in [6.45, 7) is 4.86. The molecule has 154 valence electrons. The van der Waals surface area contributed by atoms with E-state index in [-0.39, 0.29) is 6.79 Å². The Kier molecular flexibility index (Phi) is 5.90. The van der Waals surface area contributed by atoms with Crippen LogP contribution in [0.25, 0.3) is 0 Å². The largest absolute Gasteiger partial charge is 0.497 e. The Bertz CT molecular complexity index is 865. The van der Waals surface area contributed by atoms with E-state index >= 15 is 0 Å². The maximum atomic E-state index is 5.69. The van der Waals surface area contributed by atoms with Crippen molar-refractivity contribution >= 4 is 17.3 Å². The predicted octanol–water partition coefficient (Wildman–Crippen LogP) is 1.97. The number of methoxy groups -OCH3 is 1. The summed E-state index contributed by atoms with van der Waals surface area (Å²) >= 11 is 0. The summed E-state index contributed by atoms with van der Waals surface area (Å²) in [5.41, 5.74) is 7.78. The van der Waals surface area contributed by atoms with Gasteiger partial charge in [-0.05, 0) is 24.3 Å². The van der Waals surface area contributed by atoms with Crippen molar-refractivity contribution in [3.05, 3.63) is 42.5 Å². The molecule has 0 unspecified atom stereocenters. The number of nitrogens with zero attached hydrogens (tertiary/aromatic N) is 3. The monoisotopic (exact) mass is 397 g/mol. The van der Waals surface area contributed by atoms with E-state index in [0.29, 0.717) is 13.1 Å². The van der Waals surface area contributed by atoms with Crippen LogP contribution in [0.4, 0.5) is 11.4 Å². The molecule has 1 saturated heterocycles. The van der Waals surface area contributed by atoms with E-state index in [1.165, 1.54) is 5.69 Å². The fourth-order valence-electron chi connectivity index (χ4n) is 3.48. The SMILES string of the molecule is COc1cccc(N2CCN(C(=NCCN)Nc3ccc4c(c3)OCO4)CC2)c1. The molecule has 0 radical (unpaired) electrons. The van der Waals surface area contributed by atoms with Gasteiger partial charge in [0, 0.05) is 56.2 Å². The van der Waals surface area contributed by atoms with Gasteiger partial charge in [0.2, 0.25) is 6.79 Å². The smallest absolute Gasteiger partial charge is 0.231 e. The van der Waals surface area contributed by atoms with Crippen LogP contribution in [0.2, 0.25) is 0 Å². The fourth-order valence-corrected chi connectivity index (χ4v) is 3.48. The standard InChI is InChI=1S/C21H27N5O3/c1-27-18-4-2-3-17(14-18)25-9-11-26(12-10-25)21(23-8-7-22)24-16-5-6-19-20(13-16)29-15-28-19/h2-6,13-14H,7-12,15,22H2,1H3,(H,23,24). The number of aliphatic imine (C=N–C) groups is 1. The van der Waals surface area contributed by atoms with Crippen LogP contribution in [-0.2, 0) is 0 Å². The topological polar surface area (TPSA) is 84.6 Å². The zero-order valence-electron chi connectivity index (χ0n) is 16.6. The number of ether oxygens (including phenoxy) is 3. The highest BCUT2D eigenvalue weighted by Gasteiger charge is 2.21. The molecule has 3 N–H and O–H groups in total. The molecule has 2 aliphatic rings. The van der Waals surface area contributed by atoms with Gasteiger partial charge in [-0.2, -0.15) is 0 Å². The molecular weight excluding hydrogens is 370 g/mol. The maximum absolute atomic E-state index is 5.69. The molecule has 0 spiro atoms. The number of fused-ring (bicyclic) bond motifs is 1. The lowest BCUT2D eigenvalue weighted by atomic mass is 10.2. The minimum Gasteiger partial charge on any atom is -0.497 e. The van der Waals surface area contributed by atoms with Crippen LogP contribution in [0.15, 0.2) is 47.5 Å². The average molecular weight is 397 g/mol. The summed E-state index contributed by atoms with van der Waals surface area (Å²) in [6, 6.07) is 14.0. The first kappa shape index (κ1) is 19.2. The van der Waals surface area contributed by atoms with Crippen molar-refractivity contribution in [1.29, 1.82) is 0 Å². The molecule has 1 fully saturated rings. The number of nitrogens with one attached hydrogen (secondary N) is 1. The van der Waals surface area contributed by atoms with Gasteiger partial charge in [-0.1, -0.05) is 6.07 Å². The van der Waals surface area contributed by atoms with Gasteiger partial charge in [-0.25, -0.2) is 0 Å². The Hall–Kier alpha value is -3.13. The lowest BCUT2D eigenvalue weighted by Gasteiger charge is -2.37. The first-order chi connectivity index (χ1) is 14.3. The number of nitrogens with two attached hydrogens (primary N) is 1. The number of rotatable bonds is 5. The van der Waals surface area contributed by atoms with Crippen LogP contribution < -0.4 is 30.2 Å². The number of piperazine rings is 1. The fraction of sp³-hybridized carbons (Fsp3) is 0.381. The summed E-state index contributed by atoms with van der Waals surface area (Å²) in [4.78, 5) is 9.30. The highest BCUT2D eigenvalue weighted by Crippen LogP contribution is 2.34. The third kappa shape index (κ3) is 4.48. The third-order valence-electron chi connectivity index (χ3n) is 5.02. The zero-order valence-corrected chi connectivity index (χ0v) is 16.6. The van der Waals surface area contributed by atoms with Crippen molar-refractivity contribution in [1.82, 2.24) is 4.90 Å². The summed E-state index contributed by atoms with van der Waals surface area (Å²) in [7, 11) is 1.69. The lowest BCUT2D eigenvalue weighted by Crippen LogP contribution is -2.50. The van der Waals surface area contributed by atoms with Gasteiger partial charge in [-0.3, -0.25) is 4.99 Å². The van der Waals surface area contributed by atoms with E-state index < -0.39 is 0 Å². The first-order valence-corrected chi connectivity index (χ1v) is 9.82. The van der Waals surface area contributed by atoms with Crippen LogP contribution >= 0.6 is 0 Å². The summed E-state index contributed by atoms with van der Waals surface area (Å²) < 4.78 is 16.2. The van der Waals surface area contributed by atoms with E-state index in [2.05, 4.69) is 32.2 Å². The van der Waals surface area contributed by atoms with Gasteiger partial charge in [0.05, 0.1) is 13.7 Å². The van der Waals surface area contributed by atoms with Gasteiger partial charge >= 0.3 is 0 Å². The molecule has 2 aromatic rings. The molecule has 2 heterocycles. The van der Waals surface area contributed by atoms with Crippen molar-refractivity contribution in [2.75, 3.05) is 63.4 Å². The third-order valence-corrected chi connectivity index (χ3v) is 5.02. The number of anilines is 2. The molecule has 0 aromatic heterocycles. The van der Waals surface area contributed by atoms with Gasteiger partial charge in [0.15, 0.2) is 17.5 Å². The molecular formula is C21H27N5O3. The predicted molar refractivity (Wildman–Crippen MR) is 114 cm³/mol. The number of guanidine groups is 1. The molecule has 0 aliphatic carbocycles. The molecule has 0 bridgehead atoms. The Morgan fingerprint density at radius 2 is 1.93 bits per heavy atom. The average Bonchev–Trinajstić information content (AvgIpc) is 3.25. The van der Waals surface area contributed by atoms with Gasteiger partial charge in [0.25, 0.3) is 0 Å². The first-order valence-electron chi connectivity index (χ1n) is 9.82. The summed E-state index contributed by atoms with van der Waals surface area (Å²) in [6.07, 6.45) is 0. The number of hydrogen-bond donors (Lipinski definition) is 2. The summed E-state index contributed by atoms with van der Waals surface area (Å²) in [5, 5.41) is 3.43. The van der Waals surface area contributed by atoms with E-state index in [1.54, 1.807) is 7.11 Å². The molecule has 2 aliphatic heterocycles. The molecule has 2 aromatic carbocycles. The molecule has 0 amide bonds. The molecule has 29 heavy (non-hydrogen) atoms. The second kappa shape index (κ2) is 8.91. The highest BCUT2D eigenvalue weighted by atomic mass is 16.7. The van der Waals surface area contributed by atoms with Crippen molar-refractivity contribution in [2.45, 2.75) is 0 Å². The molecule has 4 rings (SSSR count). The summed E-state index contributed by atoms with van der Waals surface area (Å²) in [5.74, 6) is 3.22. The Labute approximate surface area is 170 Å². The van der Waals surface area contributed by atoms with Crippen molar-refractivity contribution in [3.8, 4) is 17.2 Å². The quantitative estimate of drug-likeness (QED) is 0.589. The van der Waals surface area contributed by atoms with Gasteiger partial charge in [-0.15, -0.1) is 0 Å². The van der Waals surface area contributed by atoms with Crippen molar-refractivity contribution in [3.63, 3.8) is 0 Å². The Morgan fingerprint density at radius 1 is 1.10 bits per heavy atom.